The van der Waals surface area contributed by atoms with E-state index in [1.807, 2.05) is 0 Å². The van der Waals surface area contributed by atoms with Crippen molar-refractivity contribution in [3.8, 4) is 73.1 Å². The summed E-state index contributed by atoms with van der Waals surface area (Å²) < 4.78 is 51.1. The molecule has 2 heterocycles. The molecule has 0 saturated heterocycles. The van der Waals surface area contributed by atoms with E-state index in [0.717, 1.165) is 139 Å². The maximum absolute atomic E-state index is 15.7. The second-order valence-electron chi connectivity index (χ2n) is 21.4. The van der Waals surface area contributed by atoms with Gasteiger partial charge in [0.2, 0.25) is 0 Å². The summed E-state index contributed by atoms with van der Waals surface area (Å²) in [5.74, 6) is 0. The van der Waals surface area contributed by atoms with E-state index in [2.05, 4.69) is 221 Å². The Kier molecular flexibility index (Phi) is 11.8. The number of aryl methyl sites for hydroxylation is 8. The van der Waals surface area contributed by atoms with Gasteiger partial charge in [-0.05, 0) is 147 Å². The van der Waals surface area contributed by atoms with Crippen molar-refractivity contribution in [3.63, 3.8) is 0 Å². The third-order valence-electron chi connectivity index (χ3n) is 15.2. The van der Waals surface area contributed by atoms with E-state index in [1.54, 1.807) is 12.1 Å². The summed E-state index contributed by atoms with van der Waals surface area (Å²) >= 11 is 0. The molecule has 7 heteroatoms. The Labute approximate surface area is 452 Å². The van der Waals surface area contributed by atoms with Crippen LogP contribution in [0.15, 0.2) is 176 Å². The summed E-state index contributed by atoms with van der Waals surface area (Å²) in [6.07, 6.45) is -4.83. The molecule has 0 radical (unpaired) electrons. The molecular formula is C71H53F3N4. The van der Waals surface area contributed by atoms with Gasteiger partial charge in [0.15, 0.2) is 5.69 Å². The summed E-state index contributed by atoms with van der Waals surface area (Å²) in [7, 11) is 0. The van der Waals surface area contributed by atoms with E-state index in [1.165, 1.54) is 12.1 Å². The summed E-state index contributed by atoms with van der Waals surface area (Å²) in [5, 5.41) is 15.7. The topological polar surface area (TPSA) is 38.0 Å². The van der Waals surface area contributed by atoms with Gasteiger partial charge in [-0.3, -0.25) is 0 Å². The Morgan fingerprint density at radius 2 is 0.692 bits per heavy atom. The number of hydrogen-bond donors (Lipinski definition) is 0. The fraction of sp³-hybridized carbons (Fsp3) is 0.127. The van der Waals surface area contributed by atoms with E-state index in [9.17, 15) is 5.26 Å². The number of alkyl halides is 3. The Hall–Kier alpha value is -9.43. The highest BCUT2D eigenvalue weighted by molar-refractivity contribution is 6.13. The predicted molar refractivity (Wildman–Crippen MR) is 316 cm³/mol. The van der Waals surface area contributed by atoms with Crippen molar-refractivity contribution in [2.75, 3.05) is 0 Å². The minimum absolute atomic E-state index is 0.148. The third kappa shape index (κ3) is 8.59. The van der Waals surface area contributed by atoms with Crippen molar-refractivity contribution in [1.29, 1.82) is 5.26 Å². The van der Waals surface area contributed by atoms with Gasteiger partial charge >= 0.3 is 6.18 Å². The highest BCUT2D eigenvalue weighted by Crippen LogP contribution is 2.48. The first kappa shape index (κ1) is 49.4. The fourth-order valence-electron chi connectivity index (χ4n) is 12.2. The molecule has 0 fully saturated rings. The van der Waals surface area contributed by atoms with E-state index < -0.39 is 11.7 Å². The van der Waals surface area contributed by atoms with Gasteiger partial charge in [-0.25, -0.2) is 4.85 Å². The van der Waals surface area contributed by atoms with Gasteiger partial charge in [0, 0.05) is 21.5 Å². The van der Waals surface area contributed by atoms with Crippen LogP contribution in [-0.2, 0) is 6.18 Å². The lowest BCUT2D eigenvalue weighted by molar-refractivity contribution is -0.137. The minimum Gasteiger partial charge on any atom is -0.308 e. The smallest absolute Gasteiger partial charge is 0.308 e. The SMILES string of the molecule is [C-]#[N+]c1cccc(C(F)(F)F)c1-c1cc(-n2c3cc(-c4cc(C)cc(C)c4)ccc3c3ccc(-c4cc(C)cc(C)c4)cc32)c(C#N)c(-n2c3cc(-c4cc(C)cc(C)c4)ccc3c3ccc(-c4cc(C)cc(C)c4)cc32)c1. The zero-order chi connectivity index (χ0) is 54.5. The van der Waals surface area contributed by atoms with Crippen molar-refractivity contribution in [2.24, 2.45) is 0 Å². The average molecular weight is 1020 g/mol. The molecule has 4 nitrogen and oxygen atoms in total. The van der Waals surface area contributed by atoms with Crippen LogP contribution in [0.4, 0.5) is 18.9 Å². The van der Waals surface area contributed by atoms with E-state index in [4.69, 9.17) is 6.57 Å². The lowest BCUT2D eigenvalue weighted by Crippen LogP contribution is -2.09. The van der Waals surface area contributed by atoms with Crippen LogP contribution < -0.4 is 0 Å². The Morgan fingerprint density at radius 3 is 0.962 bits per heavy atom. The van der Waals surface area contributed by atoms with E-state index in [-0.39, 0.29) is 22.4 Å². The van der Waals surface area contributed by atoms with Crippen LogP contribution >= 0.6 is 0 Å². The van der Waals surface area contributed by atoms with Crippen LogP contribution in [0, 0.1) is 73.3 Å². The largest absolute Gasteiger partial charge is 0.415 e. The molecule has 10 aromatic carbocycles. The van der Waals surface area contributed by atoms with Gasteiger partial charge in [-0.1, -0.05) is 184 Å². The lowest BCUT2D eigenvalue weighted by atomic mass is 9.94. The van der Waals surface area contributed by atoms with Gasteiger partial charge in [0.25, 0.3) is 0 Å². The van der Waals surface area contributed by atoms with Crippen molar-refractivity contribution >= 4 is 49.3 Å². The van der Waals surface area contributed by atoms with Crippen LogP contribution in [0.2, 0.25) is 0 Å². The summed E-state index contributed by atoms with van der Waals surface area (Å²) in [6, 6.07) is 61.1. The number of fused-ring (bicyclic) bond motifs is 6. The number of halogens is 3. The number of hydrogen-bond acceptors (Lipinski definition) is 1. The summed E-state index contributed by atoms with van der Waals surface area (Å²) in [4.78, 5) is 3.76. The normalized spacial score (nSPS) is 11.8. The van der Waals surface area contributed by atoms with Gasteiger partial charge in [0.1, 0.15) is 11.6 Å². The molecule has 0 atom stereocenters. The molecule has 2 aromatic heterocycles. The molecule has 0 unspecified atom stereocenters. The fourth-order valence-corrected chi connectivity index (χ4v) is 12.2. The molecule has 0 bridgehead atoms. The number of benzene rings is 10. The first-order valence-electron chi connectivity index (χ1n) is 26.1. The average Bonchev–Trinajstić information content (AvgIpc) is 4.01. The van der Waals surface area contributed by atoms with Gasteiger partial charge in [0.05, 0.1) is 45.6 Å². The molecular weight excluding hydrogens is 966 g/mol. The Balaban J connectivity index is 1.28. The second-order valence-corrected chi connectivity index (χ2v) is 21.4. The van der Waals surface area contributed by atoms with Crippen LogP contribution in [-0.4, -0.2) is 9.13 Å². The Bertz CT molecular complexity index is 4060. The third-order valence-corrected chi connectivity index (χ3v) is 15.2. The number of nitrogens with zero attached hydrogens (tertiary/aromatic N) is 4. The molecule has 0 amide bonds. The van der Waals surface area contributed by atoms with Crippen LogP contribution in [0.3, 0.4) is 0 Å². The van der Waals surface area contributed by atoms with E-state index in [0.29, 0.717) is 11.4 Å². The molecule has 12 aromatic rings. The quantitative estimate of drug-likeness (QED) is 0.147. The lowest BCUT2D eigenvalue weighted by Gasteiger charge is -2.21. The molecule has 0 saturated carbocycles. The number of aromatic nitrogens is 2. The number of nitriles is 1. The monoisotopic (exact) mass is 1020 g/mol. The molecule has 12 rings (SSSR count). The number of rotatable bonds is 7. The maximum Gasteiger partial charge on any atom is 0.415 e. The summed E-state index contributed by atoms with van der Waals surface area (Å²) in [6.45, 7) is 25.0. The van der Waals surface area contributed by atoms with Gasteiger partial charge in [-0.2, -0.15) is 18.4 Å². The zero-order valence-electron chi connectivity index (χ0n) is 44.7. The van der Waals surface area contributed by atoms with Crippen LogP contribution in [0.25, 0.3) is 115 Å². The molecule has 0 N–H and O–H groups in total. The molecule has 0 aliphatic rings. The van der Waals surface area contributed by atoms with Crippen molar-refractivity contribution in [1.82, 2.24) is 9.13 Å². The predicted octanol–water partition coefficient (Wildman–Crippen LogP) is 20.1. The molecule has 78 heavy (non-hydrogen) atoms. The zero-order valence-corrected chi connectivity index (χ0v) is 44.7. The first-order valence-corrected chi connectivity index (χ1v) is 26.1. The minimum atomic E-state index is -4.83. The molecule has 0 spiro atoms. The Morgan fingerprint density at radius 1 is 0.385 bits per heavy atom. The second kappa shape index (κ2) is 18.7. The maximum atomic E-state index is 15.7. The highest BCUT2D eigenvalue weighted by Gasteiger charge is 2.35. The molecule has 0 aliphatic carbocycles. The van der Waals surface area contributed by atoms with Gasteiger partial charge in [-0.15, -0.1) is 0 Å². The molecule has 0 aliphatic heterocycles. The molecule has 378 valence electrons. The van der Waals surface area contributed by atoms with Crippen molar-refractivity contribution in [3.05, 3.63) is 243 Å². The standard InChI is InChI=1S/C71H53F3N4/c1-40-21-41(2)26-52(25-40)48-13-17-57-58-18-14-49(53-27-42(3)22-43(4)28-53)34-65(58)77(64(57)33-48)68-37-56(70-62(71(72,73)74)11-10-12-63(70)76-9)38-69(61(68)39-75)78-66-35-50(54-29-44(5)23-45(6)30-54)15-19-59(66)60-20-16-51(36-67(60)78)55-31-46(7)24-47(8)32-55/h10-38H,1-8H3. The first-order chi connectivity index (χ1) is 37.4. The van der Waals surface area contributed by atoms with Crippen molar-refractivity contribution in [2.45, 2.75) is 61.6 Å². The van der Waals surface area contributed by atoms with Gasteiger partial charge < -0.3 is 9.13 Å². The van der Waals surface area contributed by atoms with Crippen LogP contribution in [0.1, 0.15) is 55.6 Å². The van der Waals surface area contributed by atoms with E-state index >= 15 is 13.2 Å². The summed E-state index contributed by atoms with van der Waals surface area (Å²) in [5.41, 5.74) is 19.6. The highest BCUT2D eigenvalue weighted by atomic mass is 19.4. The van der Waals surface area contributed by atoms with Crippen molar-refractivity contribution < 1.29 is 13.2 Å². The van der Waals surface area contributed by atoms with Crippen LogP contribution in [0.5, 0.6) is 0 Å².